The minimum Gasteiger partial charge on any atom is -0.493 e. The second-order valence-electron chi connectivity index (χ2n) is 8.69. The standard InChI is InChI=1S/C29H31NO8/c1-19(17-24(32)26-27(37-18-36-21(3)31)25(35-4)15-16-30-26)28(33)38-20(2)29(34,22-11-7-5-8-12-22)23-13-9-6-10-14-23/h5-16,19-20,34H,17-18H2,1-4H3/t19-,20+/m1/s1. The average Bonchev–Trinajstić information content (AvgIpc) is 2.93. The van der Waals surface area contributed by atoms with Crippen LogP contribution in [0.1, 0.15) is 48.8 Å². The molecule has 2 atom stereocenters. The Morgan fingerprint density at radius 3 is 2.05 bits per heavy atom. The molecule has 0 radical (unpaired) electrons. The molecule has 0 aliphatic carbocycles. The summed E-state index contributed by atoms with van der Waals surface area (Å²) in [7, 11) is 1.39. The van der Waals surface area contributed by atoms with Crippen molar-refractivity contribution < 1.29 is 38.4 Å². The summed E-state index contributed by atoms with van der Waals surface area (Å²) < 4.78 is 21.2. The number of Topliss-reactive ketones (excluding diaryl/α,β-unsaturated/α-hetero) is 1. The molecule has 0 spiro atoms. The number of rotatable bonds is 12. The van der Waals surface area contributed by atoms with E-state index in [4.69, 9.17) is 18.9 Å². The molecule has 9 heteroatoms. The molecule has 200 valence electrons. The number of benzene rings is 2. The highest BCUT2D eigenvalue weighted by atomic mass is 16.7. The Balaban J connectivity index is 1.77. The zero-order chi connectivity index (χ0) is 27.7. The van der Waals surface area contributed by atoms with E-state index in [1.807, 2.05) is 12.1 Å². The Labute approximate surface area is 221 Å². The van der Waals surface area contributed by atoms with E-state index in [9.17, 15) is 19.5 Å². The highest BCUT2D eigenvalue weighted by Gasteiger charge is 2.41. The van der Waals surface area contributed by atoms with Crippen LogP contribution in [0.2, 0.25) is 0 Å². The number of carbonyl (C=O) groups excluding carboxylic acids is 3. The summed E-state index contributed by atoms with van der Waals surface area (Å²) in [5.41, 5.74) is -0.571. The molecule has 38 heavy (non-hydrogen) atoms. The summed E-state index contributed by atoms with van der Waals surface area (Å²) >= 11 is 0. The van der Waals surface area contributed by atoms with Gasteiger partial charge >= 0.3 is 11.9 Å². The SMILES string of the molecule is COc1ccnc(C(=O)C[C@@H](C)C(=O)O[C@@H](C)C(O)(c2ccccc2)c2ccccc2)c1OCOC(C)=O. The molecule has 0 aliphatic rings. The van der Waals surface area contributed by atoms with E-state index < -0.39 is 42.1 Å². The van der Waals surface area contributed by atoms with Gasteiger partial charge < -0.3 is 24.1 Å². The summed E-state index contributed by atoms with van der Waals surface area (Å²) in [6.45, 7) is 3.94. The summed E-state index contributed by atoms with van der Waals surface area (Å²) in [5, 5.41) is 11.8. The first-order valence-corrected chi connectivity index (χ1v) is 12.0. The van der Waals surface area contributed by atoms with Gasteiger partial charge in [0, 0.05) is 25.6 Å². The van der Waals surface area contributed by atoms with Crippen LogP contribution in [0.25, 0.3) is 0 Å². The maximum absolute atomic E-state index is 13.1. The van der Waals surface area contributed by atoms with Crippen LogP contribution in [-0.4, -0.2) is 47.8 Å². The van der Waals surface area contributed by atoms with Gasteiger partial charge in [-0.15, -0.1) is 0 Å². The number of carbonyl (C=O) groups is 3. The number of aromatic nitrogens is 1. The molecule has 0 saturated carbocycles. The molecular formula is C29H31NO8. The molecule has 0 saturated heterocycles. The van der Waals surface area contributed by atoms with Gasteiger partial charge in [0.15, 0.2) is 28.6 Å². The Hall–Kier alpha value is -4.24. The molecule has 0 bridgehead atoms. The van der Waals surface area contributed by atoms with Gasteiger partial charge in [-0.2, -0.15) is 0 Å². The van der Waals surface area contributed by atoms with Crippen molar-refractivity contribution in [3.8, 4) is 11.5 Å². The summed E-state index contributed by atoms with van der Waals surface area (Å²) in [5.74, 6) is -2.37. The topological polar surface area (TPSA) is 121 Å². The van der Waals surface area contributed by atoms with Gasteiger partial charge in [0.05, 0.1) is 13.0 Å². The maximum Gasteiger partial charge on any atom is 0.309 e. The number of ketones is 1. The van der Waals surface area contributed by atoms with Crippen LogP contribution in [0.4, 0.5) is 0 Å². The van der Waals surface area contributed by atoms with Crippen LogP contribution in [0.3, 0.4) is 0 Å². The van der Waals surface area contributed by atoms with Gasteiger partial charge in [-0.05, 0) is 18.1 Å². The molecule has 1 aromatic heterocycles. The summed E-state index contributed by atoms with van der Waals surface area (Å²) in [6, 6.07) is 19.4. The lowest BCUT2D eigenvalue weighted by molar-refractivity contribution is -0.164. The van der Waals surface area contributed by atoms with Crippen molar-refractivity contribution in [3.63, 3.8) is 0 Å². The molecule has 1 heterocycles. The van der Waals surface area contributed by atoms with Crippen LogP contribution >= 0.6 is 0 Å². The molecule has 9 nitrogen and oxygen atoms in total. The van der Waals surface area contributed by atoms with E-state index in [0.717, 1.165) is 0 Å². The van der Waals surface area contributed by atoms with Crippen molar-refractivity contribution in [2.24, 2.45) is 5.92 Å². The van der Waals surface area contributed by atoms with Crippen LogP contribution in [-0.2, 0) is 24.7 Å². The van der Waals surface area contributed by atoms with Crippen molar-refractivity contribution >= 4 is 17.7 Å². The molecular weight excluding hydrogens is 490 g/mol. The van der Waals surface area contributed by atoms with Gasteiger partial charge in [0.2, 0.25) is 6.79 Å². The highest BCUT2D eigenvalue weighted by molar-refractivity contribution is 5.99. The fraction of sp³-hybridized carbons (Fsp3) is 0.310. The van der Waals surface area contributed by atoms with Gasteiger partial charge in [-0.25, -0.2) is 4.98 Å². The molecule has 0 unspecified atom stereocenters. The van der Waals surface area contributed by atoms with Crippen molar-refractivity contribution in [2.45, 2.75) is 38.9 Å². The molecule has 3 rings (SSSR count). The number of nitrogens with zero attached hydrogens (tertiary/aromatic N) is 1. The second kappa shape index (κ2) is 12.8. The third-order valence-corrected chi connectivity index (χ3v) is 6.02. The van der Waals surface area contributed by atoms with E-state index in [0.29, 0.717) is 11.1 Å². The second-order valence-corrected chi connectivity index (χ2v) is 8.69. The zero-order valence-electron chi connectivity index (χ0n) is 21.7. The predicted octanol–water partition coefficient (Wildman–Crippen LogP) is 4.07. The number of hydrogen-bond donors (Lipinski definition) is 1. The summed E-state index contributed by atoms with van der Waals surface area (Å²) in [4.78, 5) is 41.3. The largest absolute Gasteiger partial charge is 0.493 e. The Morgan fingerprint density at radius 1 is 0.947 bits per heavy atom. The molecule has 0 fully saturated rings. The minimum atomic E-state index is -1.62. The fourth-order valence-electron chi connectivity index (χ4n) is 3.96. The van der Waals surface area contributed by atoms with E-state index in [2.05, 4.69) is 4.98 Å². The van der Waals surface area contributed by atoms with Crippen molar-refractivity contribution in [1.82, 2.24) is 4.98 Å². The van der Waals surface area contributed by atoms with Crippen molar-refractivity contribution in [1.29, 1.82) is 0 Å². The monoisotopic (exact) mass is 521 g/mol. The van der Waals surface area contributed by atoms with E-state index in [1.54, 1.807) is 62.4 Å². The summed E-state index contributed by atoms with van der Waals surface area (Å²) in [6.07, 6.45) is 0.148. The third kappa shape index (κ3) is 6.54. The van der Waals surface area contributed by atoms with E-state index in [-0.39, 0.29) is 23.6 Å². The Bertz CT molecular complexity index is 1210. The lowest BCUT2D eigenvalue weighted by Gasteiger charge is -2.35. The van der Waals surface area contributed by atoms with Crippen LogP contribution < -0.4 is 9.47 Å². The minimum absolute atomic E-state index is 0.00212. The third-order valence-electron chi connectivity index (χ3n) is 6.02. The number of ether oxygens (including phenoxy) is 4. The average molecular weight is 522 g/mol. The van der Waals surface area contributed by atoms with Crippen molar-refractivity contribution in [2.75, 3.05) is 13.9 Å². The first-order chi connectivity index (χ1) is 18.2. The van der Waals surface area contributed by atoms with E-state index in [1.165, 1.54) is 26.3 Å². The lowest BCUT2D eigenvalue weighted by Crippen LogP contribution is -2.42. The first kappa shape index (κ1) is 28.3. The van der Waals surface area contributed by atoms with Gasteiger partial charge in [0.1, 0.15) is 6.10 Å². The molecule has 0 aliphatic heterocycles. The zero-order valence-corrected chi connectivity index (χ0v) is 21.7. The molecule has 1 N–H and O–H groups in total. The number of aliphatic hydroxyl groups is 1. The van der Waals surface area contributed by atoms with Crippen molar-refractivity contribution in [3.05, 3.63) is 89.7 Å². The van der Waals surface area contributed by atoms with Crippen LogP contribution in [0.5, 0.6) is 11.5 Å². The lowest BCUT2D eigenvalue weighted by atomic mass is 9.82. The van der Waals surface area contributed by atoms with Gasteiger partial charge in [0.25, 0.3) is 0 Å². The number of pyridine rings is 1. The first-order valence-electron chi connectivity index (χ1n) is 12.0. The Kier molecular flexibility index (Phi) is 9.56. The fourth-order valence-corrected chi connectivity index (χ4v) is 3.96. The van der Waals surface area contributed by atoms with Crippen LogP contribution in [0.15, 0.2) is 72.9 Å². The normalized spacial score (nSPS) is 12.7. The molecule has 3 aromatic rings. The predicted molar refractivity (Wildman–Crippen MR) is 138 cm³/mol. The highest BCUT2D eigenvalue weighted by Crippen LogP contribution is 2.35. The molecule has 0 amide bonds. The van der Waals surface area contributed by atoms with E-state index >= 15 is 0 Å². The van der Waals surface area contributed by atoms with Crippen LogP contribution in [0, 0.1) is 5.92 Å². The van der Waals surface area contributed by atoms with Gasteiger partial charge in [-0.3, -0.25) is 14.4 Å². The molecule has 2 aromatic carbocycles. The number of esters is 2. The maximum atomic E-state index is 13.1. The smallest absolute Gasteiger partial charge is 0.309 e. The number of hydrogen-bond acceptors (Lipinski definition) is 9. The number of methoxy groups -OCH3 is 1. The quantitative estimate of drug-likeness (QED) is 0.214. The van der Waals surface area contributed by atoms with Gasteiger partial charge in [-0.1, -0.05) is 67.6 Å². The Morgan fingerprint density at radius 2 is 1.53 bits per heavy atom.